The fraction of sp³-hybridized carbons (Fsp3) is 0.647. The highest BCUT2D eigenvalue weighted by atomic mass is 16.5. The maximum absolute atomic E-state index is 5.50. The fourth-order valence-corrected chi connectivity index (χ4v) is 3.01. The van der Waals surface area contributed by atoms with E-state index in [-0.39, 0.29) is 6.04 Å². The molecular formula is C17H28N2O2. The maximum atomic E-state index is 5.50. The van der Waals surface area contributed by atoms with Gasteiger partial charge >= 0.3 is 0 Å². The number of benzene rings is 1. The summed E-state index contributed by atoms with van der Waals surface area (Å²) in [5.74, 6) is 1.71. The molecule has 1 N–H and O–H groups in total. The Hall–Kier alpha value is -1.26. The molecule has 1 fully saturated rings. The Bertz CT molecular complexity index is 462. The number of hydrogen-bond acceptors (Lipinski definition) is 4. The minimum atomic E-state index is 0.267. The van der Waals surface area contributed by atoms with Gasteiger partial charge in [-0.3, -0.25) is 4.90 Å². The molecular weight excluding hydrogens is 264 g/mol. The van der Waals surface area contributed by atoms with E-state index in [1.807, 2.05) is 12.1 Å². The SMILES string of the molecule is COc1ccc(C(C)NC2CCN(C(C)C)C2)c(OC)c1. The quantitative estimate of drug-likeness (QED) is 0.874. The van der Waals surface area contributed by atoms with Crippen LogP contribution in [0.15, 0.2) is 18.2 Å². The first-order valence-electron chi connectivity index (χ1n) is 7.77. The molecule has 2 unspecified atom stereocenters. The average Bonchev–Trinajstić information content (AvgIpc) is 2.95. The number of rotatable bonds is 6. The van der Waals surface area contributed by atoms with E-state index in [0.29, 0.717) is 12.1 Å². The minimum absolute atomic E-state index is 0.267. The molecule has 4 heteroatoms. The molecule has 4 nitrogen and oxygen atoms in total. The lowest BCUT2D eigenvalue weighted by Gasteiger charge is -2.24. The van der Waals surface area contributed by atoms with Crippen LogP contribution >= 0.6 is 0 Å². The van der Waals surface area contributed by atoms with Crippen LogP contribution in [-0.4, -0.2) is 44.3 Å². The average molecular weight is 292 g/mol. The lowest BCUT2D eigenvalue weighted by Crippen LogP contribution is -2.36. The molecule has 0 radical (unpaired) electrons. The molecule has 0 saturated carbocycles. The standard InChI is InChI=1S/C17H28N2O2/c1-12(2)19-9-8-14(11-19)18-13(3)16-7-6-15(20-4)10-17(16)21-5/h6-7,10,12-14,18H,8-9,11H2,1-5H3. The summed E-state index contributed by atoms with van der Waals surface area (Å²) in [6, 6.07) is 7.47. The Kier molecular flexibility index (Phi) is 5.48. The number of nitrogens with zero attached hydrogens (tertiary/aromatic N) is 1. The molecule has 2 rings (SSSR count). The first-order chi connectivity index (χ1) is 10.0. The van der Waals surface area contributed by atoms with Crippen LogP contribution < -0.4 is 14.8 Å². The van der Waals surface area contributed by atoms with Gasteiger partial charge in [-0.15, -0.1) is 0 Å². The van der Waals surface area contributed by atoms with Crippen LogP contribution in [0.1, 0.15) is 38.8 Å². The van der Waals surface area contributed by atoms with Gasteiger partial charge in [0, 0.05) is 36.3 Å². The Balaban J connectivity index is 2.02. The second kappa shape index (κ2) is 7.14. The van der Waals surface area contributed by atoms with E-state index in [4.69, 9.17) is 9.47 Å². The largest absolute Gasteiger partial charge is 0.497 e. The number of hydrogen-bond donors (Lipinski definition) is 1. The summed E-state index contributed by atoms with van der Waals surface area (Å²) in [5, 5.41) is 3.73. The molecule has 1 aliphatic heterocycles. The molecule has 1 aliphatic rings. The summed E-state index contributed by atoms with van der Waals surface area (Å²) in [4.78, 5) is 2.52. The molecule has 2 atom stereocenters. The number of methoxy groups -OCH3 is 2. The van der Waals surface area contributed by atoms with Crippen LogP contribution in [0.5, 0.6) is 11.5 Å². The highest BCUT2D eigenvalue weighted by molar-refractivity contribution is 5.42. The van der Waals surface area contributed by atoms with E-state index in [1.165, 1.54) is 18.5 Å². The van der Waals surface area contributed by atoms with Crippen molar-refractivity contribution in [2.24, 2.45) is 0 Å². The molecule has 1 saturated heterocycles. The fourth-order valence-electron chi connectivity index (χ4n) is 3.01. The van der Waals surface area contributed by atoms with Crippen molar-refractivity contribution in [2.75, 3.05) is 27.3 Å². The highest BCUT2D eigenvalue weighted by Gasteiger charge is 2.26. The van der Waals surface area contributed by atoms with Crippen LogP contribution in [0.4, 0.5) is 0 Å². The molecule has 0 spiro atoms. The lowest BCUT2D eigenvalue weighted by molar-refractivity contribution is 0.265. The zero-order valence-corrected chi connectivity index (χ0v) is 13.8. The smallest absolute Gasteiger partial charge is 0.127 e. The van der Waals surface area contributed by atoms with Crippen molar-refractivity contribution < 1.29 is 9.47 Å². The number of ether oxygens (including phenoxy) is 2. The van der Waals surface area contributed by atoms with E-state index in [2.05, 4.69) is 37.1 Å². The zero-order chi connectivity index (χ0) is 15.4. The van der Waals surface area contributed by atoms with Gasteiger partial charge in [0.15, 0.2) is 0 Å². The van der Waals surface area contributed by atoms with Crippen molar-refractivity contribution in [3.8, 4) is 11.5 Å². The highest BCUT2D eigenvalue weighted by Crippen LogP contribution is 2.30. The normalized spacial score (nSPS) is 20.8. The van der Waals surface area contributed by atoms with Gasteiger partial charge in [0.25, 0.3) is 0 Å². The third kappa shape index (κ3) is 3.89. The number of nitrogens with one attached hydrogen (secondary N) is 1. The molecule has 21 heavy (non-hydrogen) atoms. The first-order valence-corrected chi connectivity index (χ1v) is 7.77. The predicted molar refractivity (Wildman–Crippen MR) is 86.2 cm³/mol. The predicted octanol–water partition coefficient (Wildman–Crippen LogP) is 2.84. The van der Waals surface area contributed by atoms with Crippen LogP contribution in [0, 0.1) is 0 Å². The first kappa shape index (κ1) is 16.1. The lowest BCUT2D eigenvalue weighted by atomic mass is 10.1. The molecule has 1 aromatic carbocycles. The number of likely N-dealkylation sites (tertiary alicyclic amines) is 1. The monoisotopic (exact) mass is 292 g/mol. The Morgan fingerprint density at radius 1 is 1.19 bits per heavy atom. The second-order valence-corrected chi connectivity index (χ2v) is 6.07. The summed E-state index contributed by atoms with van der Waals surface area (Å²) >= 11 is 0. The second-order valence-electron chi connectivity index (χ2n) is 6.07. The van der Waals surface area contributed by atoms with Crippen LogP contribution in [0.3, 0.4) is 0 Å². The minimum Gasteiger partial charge on any atom is -0.497 e. The van der Waals surface area contributed by atoms with Gasteiger partial charge in [-0.2, -0.15) is 0 Å². The van der Waals surface area contributed by atoms with Crippen LogP contribution in [0.25, 0.3) is 0 Å². The van der Waals surface area contributed by atoms with Gasteiger partial charge < -0.3 is 14.8 Å². The summed E-state index contributed by atoms with van der Waals surface area (Å²) in [6.07, 6.45) is 1.21. The van der Waals surface area contributed by atoms with Crippen LogP contribution in [0.2, 0.25) is 0 Å². The summed E-state index contributed by atoms with van der Waals surface area (Å²) in [6.45, 7) is 9.03. The van der Waals surface area contributed by atoms with Crippen molar-refractivity contribution in [2.45, 2.75) is 45.3 Å². The molecule has 1 aromatic rings. The van der Waals surface area contributed by atoms with Gasteiger partial charge in [0.1, 0.15) is 11.5 Å². The topological polar surface area (TPSA) is 33.7 Å². The molecule has 0 aliphatic carbocycles. The van der Waals surface area contributed by atoms with E-state index in [0.717, 1.165) is 18.0 Å². The maximum Gasteiger partial charge on any atom is 0.127 e. The Labute approximate surface area is 128 Å². The zero-order valence-electron chi connectivity index (χ0n) is 13.8. The van der Waals surface area contributed by atoms with Crippen LogP contribution in [-0.2, 0) is 0 Å². The van der Waals surface area contributed by atoms with Gasteiger partial charge in [-0.25, -0.2) is 0 Å². The molecule has 0 bridgehead atoms. The third-order valence-corrected chi connectivity index (χ3v) is 4.34. The van der Waals surface area contributed by atoms with Crippen molar-refractivity contribution in [1.82, 2.24) is 10.2 Å². The van der Waals surface area contributed by atoms with Gasteiger partial charge in [-0.1, -0.05) is 6.07 Å². The van der Waals surface area contributed by atoms with E-state index in [9.17, 15) is 0 Å². The molecule has 0 amide bonds. The summed E-state index contributed by atoms with van der Waals surface area (Å²) < 4.78 is 10.8. The Morgan fingerprint density at radius 2 is 1.95 bits per heavy atom. The van der Waals surface area contributed by atoms with Crippen molar-refractivity contribution in [3.63, 3.8) is 0 Å². The summed E-state index contributed by atoms with van der Waals surface area (Å²) in [5.41, 5.74) is 1.18. The molecule has 118 valence electrons. The van der Waals surface area contributed by atoms with E-state index >= 15 is 0 Å². The van der Waals surface area contributed by atoms with Gasteiger partial charge in [0.2, 0.25) is 0 Å². The summed E-state index contributed by atoms with van der Waals surface area (Å²) in [7, 11) is 3.39. The van der Waals surface area contributed by atoms with Crippen molar-refractivity contribution in [1.29, 1.82) is 0 Å². The third-order valence-electron chi connectivity index (χ3n) is 4.34. The molecule has 1 heterocycles. The van der Waals surface area contributed by atoms with Crippen molar-refractivity contribution >= 4 is 0 Å². The molecule has 0 aromatic heterocycles. The van der Waals surface area contributed by atoms with Gasteiger partial charge in [-0.05, 0) is 39.8 Å². The van der Waals surface area contributed by atoms with Gasteiger partial charge in [0.05, 0.1) is 14.2 Å². The van der Waals surface area contributed by atoms with E-state index < -0.39 is 0 Å². The van der Waals surface area contributed by atoms with Crippen molar-refractivity contribution in [3.05, 3.63) is 23.8 Å². The van der Waals surface area contributed by atoms with E-state index in [1.54, 1.807) is 14.2 Å². The Morgan fingerprint density at radius 3 is 2.52 bits per heavy atom.